The van der Waals surface area contributed by atoms with Crippen LogP contribution in [0.25, 0.3) is 0 Å². The van der Waals surface area contributed by atoms with Gasteiger partial charge in [-0.1, -0.05) is 30.3 Å². The summed E-state index contributed by atoms with van der Waals surface area (Å²) in [5.74, 6) is -0.984. The maximum absolute atomic E-state index is 13.8. The first-order valence-corrected chi connectivity index (χ1v) is 9.38. The molecule has 2 atom stereocenters. The average molecular weight is 406 g/mol. The molecule has 1 aliphatic heterocycles. The molecule has 0 bridgehead atoms. The molecular formula is C22H19FN4O3. The third-order valence-corrected chi connectivity index (χ3v) is 4.98. The first-order valence-electron chi connectivity index (χ1n) is 9.38. The third kappa shape index (κ3) is 3.59. The monoisotopic (exact) mass is 406 g/mol. The molecule has 1 aromatic heterocycles. The van der Waals surface area contributed by atoms with Crippen molar-refractivity contribution < 1.29 is 18.7 Å². The van der Waals surface area contributed by atoms with Gasteiger partial charge in [0, 0.05) is 18.2 Å². The molecule has 0 saturated heterocycles. The number of carbonyl (C=O) groups excluding carboxylic acids is 2. The lowest BCUT2D eigenvalue weighted by Gasteiger charge is -2.16. The van der Waals surface area contributed by atoms with E-state index in [0.717, 1.165) is 5.56 Å². The van der Waals surface area contributed by atoms with E-state index < -0.39 is 30.5 Å². The van der Waals surface area contributed by atoms with Crippen molar-refractivity contribution in [3.63, 3.8) is 0 Å². The Kier molecular flexibility index (Phi) is 5.38. The number of carbonyl (C=O) groups is 2. The van der Waals surface area contributed by atoms with Crippen LogP contribution in [0.3, 0.4) is 0 Å². The summed E-state index contributed by atoms with van der Waals surface area (Å²) < 4.78 is 19.7. The molecule has 152 valence electrons. The molecule has 3 aromatic rings. The Labute approximate surface area is 172 Å². The van der Waals surface area contributed by atoms with Crippen molar-refractivity contribution in [2.45, 2.75) is 12.0 Å². The molecule has 7 nitrogen and oxygen atoms in total. The van der Waals surface area contributed by atoms with Crippen molar-refractivity contribution in [2.24, 2.45) is 0 Å². The zero-order chi connectivity index (χ0) is 21.1. The molecule has 0 fully saturated rings. The van der Waals surface area contributed by atoms with Gasteiger partial charge < -0.3 is 15.4 Å². The third-order valence-electron chi connectivity index (χ3n) is 4.98. The summed E-state index contributed by atoms with van der Waals surface area (Å²) in [6, 6.07) is 14.0. The topological polar surface area (TPSA) is 93.2 Å². The van der Waals surface area contributed by atoms with Gasteiger partial charge in [0.15, 0.2) is 0 Å². The quantitative estimate of drug-likeness (QED) is 0.680. The van der Waals surface area contributed by atoms with Crippen molar-refractivity contribution >= 4 is 17.5 Å². The predicted octanol–water partition coefficient (Wildman–Crippen LogP) is 2.95. The number of hydrogen-bond acceptors (Lipinski definition) is 5. The minimum absolute atomic E-state index is 0.185. The smallest absolute Gasteiger partial charge is 0.255 e. The van der Waals surface area contributed by atoms with Crippen LogP contribution in [0, 0.1) is 0 Å². The fraction of sp³-hybridized carbons (Fsp3) is 0.182. The Morgan fingerprint density at radius 3 is 2.57 bits per heavy atom. The second kappa shape index (κ2) is 8.28. The minimum atomic E-state index is -0.784. The Balaban J connectivity index is 1.81. The Hall–Kier alpha value is -3.81. The molecule has 30 heavy (non-hydrogen) atoms. The van der Waals surface area contributed by atoms with Crippen LogP contribution >= 0.6 is 0 Å². The summed E-state index contributed by atoms with van der Waals surface area (Å²) >= 11 is 0. The summed E-state index contributed by atoms with van der Waals surface area (Å²) in [5.41, 5.74) is 2.35. The maximum Gasteiger partial charge on any atom is 0.255 e. The van der Waals surface area contributed by atoms with E-state index in [1.165, 1.54) is 25.5 Å². The largest absolute Gasteiger partial charge is 0.486 e. The highest BCUT2D eigenvalue weighted by atomic mass is 19.1. The van der Waals surface area contributed by atoms with Gasteiger partial charge in [-0.3, -0.25) is 9.59 Å². The molecule has 8 heteroatoms. The van der Waals surface area contributed by atoms with Crippen LogP contribution in [0.2, 0.25) is 0 Å². The number of rotatable bonds is 5. The lowest BCUT2D eigenvalue weighted by atomic mass is 9.86. The van der Waals surface area contributed by atoms with E-state index in [1.807, 2.05) is 30.3 Å². The minimum Gasteiger partial charge on any atom is -0.486 e. The molecule has 0 aliphatic carbocycles. The van der Waals surface area contributed by atoms with E-state index in [0.29, 0.717) is 17.0 Å². The Morgan fingerprint density at radius 1 is 1.10 bits per heavy atom. The van der Waals surface area contributed by atoms with Crippen LogP contribution in [-0.2, 0) is 0 Å². The highest BCUT2D eigenvalue weighted by Crippen LogP contribution is 2.45. The number of anilines is 1. The average Bonchev–Trinajstić information content (AvgIpc) is 3.17. The zero-order valence-electron chi connectivity index (χ0n) is 16.1. The SMILES string of the molecule is CNC(=O)c1cc(C(=O)Nc2ccnnc2)cc2c1O[C@H](CF)[C@H]2c1ccccc1. The van der Waals surface area contributed by atoms with Crippen molar-refractivity contribution in [1.82, 2.24) is 15.5 Å². The number of halogens is 1. The van der Waals surface area contributed by atoms with Crippen LogP contribution < -0.4 is 15.4 Å². The molecular weight excluding hydrogens is 387 g/mol. The molecule has 2 N–H and O–H groups in total. The van der Waals surface area contributed by atoms with Gasteiger partial charge in [-0.15, -0.1) is 0 Å². The van der Waals surface area contributed by atoms with E-state index >= 15 is 0 Å². The van der Waals surface area contributed by atoms with Gasteiger partial charge in [-0.2, -0.15) is 10.2 Å². The van der Waals surface area contributed by atoms with Crippen LogP contribution in [0.5, 0.6) is 5.75 Å². The second-order valence-electron chi connectivity index (χ2n) is 6.81. The fourth-order valence-electron chi connectivity index (χ4n) is 3.61. The first kappa shape index (κ1) is 19.5. The summed E-state index contributed by atoms with van der Waals surface area (Å²) in [6.07, 6.45) is 2.09. The maximum atomic E-state index is 13.8. The molecule has 0 saturated carbocycles. The summed E-state index contributed by atoms with van der Waals surface area (Å²) in [7, 11) is 1.49. The number of aromatic nitrogens is 2. The molecule has 2 amide bonds. The molecule has 2 aromatic carbocycles. The predicted molar refractivity (Wildman–Crippen MR) is 108 cm³/mol. The second-order valence-corrected chi connectivity index (χ2v) is 6.81. The molecule has 0 unspecified atom stereocenters. The standard InChI is InChI=1S/C22H19FN4O3/c1-24-22(29)17-10-14(21(28)27-15-7-8-25-26-12-15)9-16-19(13-5-3-2-4-6-13)18(11-23)30-20(16)17/h2-10,12,18-19H,11H2,1H3,(H,24,29)(H,25,27,28)/t18-,19+/m1/s1. The molecule has 0 spiro atoms. The van der Waals surface area contributed by atoms with Crippen molar-refractivity contribution in [3.8, 4) is 5.75 Å². The number of alkyl halides is 1. The highest BCUT2D eigenvalue weighted by Gasteiger charge is 2.39. The number of benzene rings is 2. The van der Waals surface area contributed by atoms with Gasteiger partial charge >= 0.3 is 0 Å². The lowest BCUT2D eigenvalue weighted by Crippen LogP contribution is -2.22. The van der Waals surface area contributed by atoms with E-state index in [9.17, 15) is 14.0 Å². The number of hydrogen-bond donors (Lipinski definition) is 2. The normalized spacial score (nSPS) is 17.0. The van der Waals surface area contributed by atoms with Gasteiger partial charge in [-0.05, 0) is 23.8 Å². The van der Waals surface area contributed by atoms with E-state index in [-0.39, 0.29) is 11.1 Å². The van der Waals surface area contributed by atoms with Gasteiger partial charge in [0.05, 0.1) is 29.6 Å². The fourth-order valence-corrected chi connectivity index (χ4v) is 3.61. The summed E-state index contributed by atoms with van der Waals surface area (Å²) in [4.78, 5) is 25.4. The number of ether oxygens (including phenoxy) is 1. The van der Waals surface area contributed by atoms with Crippen LogP contribution in [0.4, 0.5) is 10.1 Å². The van der Waals surface area contributed by atoms with Gasteiger partial charge in [0.25, 0.3) is 11.8 Å². The molecule has 4 rings (SSSR count). The lowest BCUT2D eigenvalue weighted by molar-refractivity contribution is 0.0955. The molecule has 0 radical (unpaired) electrons. The van der Waals surface area contributed by atoms with Crippen LogP contribution in [0.15, 0.2) is 60.9 Å². The molecule has 2 heterocycles. The zero-order valence-corrected chi connectivity index (χ0v) is 16.1. The number of nitrogens with zero attached hydrogens (tertiary/aromatic N) is 2. The summed E-state index contributed by atoms with van der Waals surface area (Å²) in [5, 5.41) is 12.7. The van der Waals surface area contributed by atoms with Crippen molar-refractivity contribution in [2.75, 3.05) is 19.0 Å². The number of fused-ring (bicyclic) bond motifs is 1. The van der Waals surface area contributed by atoms with Gasteiger partial charge in [0.2, 0.25) is 0 Å². The van der Waals surface area contributed by atoms with E-state index in [2.05, 4.69) is 20.8 Å². The highest BCUT2D eigenvalue weighted by molar-refractivity contribution is 6.07. The number of nitrogens with one attached hydrogen (secondary N) is 2. The van der Waals surface area contributed by atoms with Crippen LogP contribution in [-0.4, -0.2) is 41.8 Å². The first-order chi connectivity index (χ1) is 14.6. The Bertz CT molecular complexity index is 1080. The van der Waals surface area contributed by atoms with Crippen molar-refractivity contribution in [3.05, 3.63) is 83.2 Å². The van der Waals surface area contributed by atoms with Gasteiger partial charge in [0.1, 0.15) is 18.5 Å². The van der Waals surface area contributed by atoms with Gasteiger partial charge in [-0.25, -0.2) is 4.39 Å². The van der Waals surface area contributed by atoms with E-state index in [1.54, 1.807) is 12.1 Å². The van der Waals surface area contributed by atoms with E-state index in [4.69, 9.17) is 4.74 Å². The van der Waals surface area contributed by atoms with Crippen molar-refractivity contribution in [1.29, 1.82) is 0 Å². The van der Waals surface area contributed by atoms with Crippen LogP contribution in [0.1, 0.15) is 37.8 Å². The number of amides is 2. The Morgan fingerprint density at radius 2 is 1.90 bits per heavy atom. The summed E-state index contributed by atoms with van der Waals surface area (Å²) in [6.45, 7) is -0.731. The molecule has 1 aliphatic rings.